The molecule has 1 aliphatic heterocycles. The zero-order valence-electron chi connectivity index (χ0n) is 10.3. The Labute approximate surface area is 104 Å². The molecule has 7 heteroatoms. The molecule has 0 atom stereocenters. The molecule has 0 aromatic rings. The van der Waals surface area contributed by atoms with Crippen LogP contribution in [-0.2, 0) is 14.4 Å². The average Bonchev–Trinajstić information content (AvgIpc) is 3.04. The van der Waals surface area contributed by atoms with E-state index >= 15 is 0 Å². The molecule has 1 N–H and O–H groups in total. The largest absolute Gasteiger partial charge is 0.352 e. The highest BCUT2D eigenvalue weighted by Gasteiger charge is 2.46. The lowest BCUT2D eigenvalue weighted by Crippen LogP contribution is -2.43. The van der Waals surface area contributed by atoms with Gasteiger partial charge in [-0.2, -0.15) is 0 Å². The van der Waals surface area contributed by atoms with Crippen molar-refractivity contribution in [1.82, 2.24) is 15.1 Å². The summed E-state index contributed by atoms with van der Waals surface area (Å²) in [5.74, 6) is -2.20. The zero-order chi connectivity index (χ0) is 13.4. The van der Waals surface area contributed by atoms with E-state index in [2.05, 4.69) is 5.32 Å². The Bertz CT molecular complexity index is 428. The maximum Gasteiger partial charge on any atom is 0.334 e. The summed E-state index contributed by atoms with van der Waals surface area (Å²) in [6.45, 7) is 2.89. The van der Waals surface area contributed by atoms with Crippen LogP contribution in [0.3, 0.4) is 0 Å². The number of carbonyl (C=O) groups is 4. The molecule has 2 fully saturated rings. The van der Waals surface area contributed by atoms with Crippen molar-refractivity contribution in [3.05, 3.63) is 0 Å². The molecule has 0 radical (unpaired) electrons. The van der Waals surface area contributed by atoms with Gasteiger partial charge in [0.15, 0.2) is 0 Å². The third-order valence-corrected chi connectivity index (χ3v) is 2.84. The summed E-state index contributed by atoms with van der Waals surface area (Å²) in [4.78, 5) is 48.1. The summed E-state index contributed by atoms with van der Waals surface area (Å²) in [5, 5.41) is 2.67. The van der Waals surface area contributed by atoms with Crippen LogP contribution in [0.1, 0.15) is 26.7 Å². The fraction of sp³-hybridized carbons (Fsp3) is 0.636. The van der Waals surface area contributed by atoms with Gasteiger partial charge < -0.3 is 5.32 Å². The SMILES string of the molecule is CC(C)N1C(=O)C(=O)N(CC(=O)NC2CC2)C1=O. The Balaban J connectivity index is 2.03. The Hall–Kier alpha value is -1.92. The van der Waals surface area contributed by atoms with Gasteiger partial charge in [-0.15, -0.1) is 0 Å². The number of urea groups is 1. The van der Waals surface area contributed by atoms with E-state index in [-0.39, 0.29) is 12.6 Å². The average molecular weight is 253 g/mol. The molecular formula is C11H15N3O4. The lowest BCUT2D eigenvalue weighted by atomic mass is 10.3. The molecule has 0 aromatic carbocycles. The highest BCUT2D eigenvalue weighted by molar-refractivity contribution is 6.45. The second kappa shape index (κ2) is 4.40. The van der Waals surface area contributed by atoms with Gasteiger partial charge in [0.05, 0.1) is 0 Å². The lowest BCUT2D eigenvalue weighted by Gasteiger charge is -2.18. The van der Waals surface area contributed by atoms with Crippen LogP contribution in [0.15, 0.2) is 0 Å². The Morgan fingerprint density at radius 2 is 1.89 bits per heavy atom. The molecule has 1 saturated heterocycles. The van der Waals surface area contributed by atoms with Crippen molar-refractivity contribution in [3.8, 4) is 0 Å². The van der Waals surface area contributed by atoms with Gasteiger partial charge in [0.1, 0.15) is 6.54 Å². The molecule has 5 amide bonds. The van der Waals surface area contributed by atoms with E-state index in [0.29, 0.717) is 4.90 Å². The van der Waals surface area contributed by atoms with Gasteiger partial charge in [0, 0.05) is 12.1 Å². The molecule has 0 unspecified atom stereocenters. The predicted molar refractivity (Wildman–Crippen MR) is 60.3 cm³/mol. The maximum atomic E-state index is 11.8. The monoisotopic (exact) mass is 253 g/mol. The van der Waals surface area contributed by atoms with Crippen LogP contribution < -0.4 is 5.32 Å². The first-order chi connectivity index (χ1) is 8.41. The van der Waals surface area contributed by atoms with Crippen molar-refractivity contribution in [2.45, 2.75) is 38.8 Å². The molecule has 98 valence electrons. The Morgan fingerprint density at radius 3 is 2.33 bits per heavy atom. The second-order valence-corrected chi connectivity index (χ2v) is 4.78. The van der Waals surface area contributed by atoms with Gasteiger partial charge in [-0.25, -0.2) is 9.69 Å². The first-order valence-electron chi connectivity index (χ1n) is 5.90. The van der Waals surface area contributed by atoms with Gasteiger partial charge in [-0.1, -0.05) is 0 Å². The predicted octanol–water partition coefficient (Wildman–Crippen LogP) is -0.536. The molecule has 1 aliphatic carbocycles. The highest BCUT2D eigenvalue weighted by atomic mass is 16.2. The number of nitrogens with zero attached hydrogens (tertiary/aromatic N) is 2. The minimum Gasteiger partial charge on any atom is -0.352 e. The van der Waals surface area contributed by atoms with E-state index in [0.717, 1.165) is 17.7 Å². The molecule has 1 saturated carbocycles. The molecule has 0 aromatic heterocycles. The van der Waals surface area contributed by atoms with E-state index in [1.165, 1.54) is 0 Å². The van der Waals surface area contributed by atoms with Crippen molar-refractivity contribution in [3.63, 3.8) is 0 Å². The molecule has 7 nitrogen and oxygen atoms in total. The van der Waals surface area contributed by atoms with Gasteiger partial charge >= 0.3 is 17.8 Å². The van der Waals surface area contributed by atoms with Crippen molar-refractivity contribution in [1.29, 1.82) is 0 Å². The summed E-state index contributed by atoms with van der Waals surface area (Å²) in [5.41, 5.74) is 0. The molecule has 18 heavy (non-hydrogen) atoms. The van der Waals surface area contributed by atoms with E-state index < -0.39 is 29.8 Å². The molecule has 2 rings (SSSR count). The van der Waals surface area contributed by atoms with Crippen LogP contribution in [0, 0.1) is 0 Å². The zero-order valence-corrected chi connectivity index (χ0v) is 10.3. The summed E-state index contributed by atoms with van der Waals surface area (Å²) in [6, 6.07) is -0.960. The van der Waals surface area contributed by atoms with Crippen molar-refractivity contribution < 1.29 is 19.2 Å². The van der Waals surface area contributed by atoms with E-state index in [1.54, 1.807) is 13.8 Å². The van der Waals surface area contributed by atoms with Crippen LogP contribution in [0.2, 0.25) is 0 Å². The third-order valence-electron chi connectivity index (χ3n) is 2.84. The fourth-order valence-corrected chi connectivity index (χ4v) is 1.76. The topological polar surface area (TPSA) is 86.8 Å². The summed E-state index contributed by atoms with van der Waals surface area (Å²) < 4.78 is 0. The summed E-state index contributed by atoms with van der Waals surface area (Å²) in [7, 11) is 0. The number of hydrogen-bond donors (Lipinski definition) is 1. The number of nitrogens with one attached hydrogen (secondary N) is 1. The molecular weight excluding hydrogens is 238 g/mol. The third kappa shape index (κ3) is 2.20. The quantitative estimate of drug-likeness (QED) is 0.538. The fourth-order valence-electron chi connectivity index (χ4n) is 1.76. The number of hydrogen-bond acceptors (Lipinski definition) is 4. The van der Waals surface area contributed by atoms with Crippen LogP contribution >= 0.6 is 0 Å². The summed E-state index contributed by atoms with van der Waals surface area (Å²) >= 11 is 0. The minimum atomic E-state index is -0.931. The van der Waals surface area contributed by atoms with E-state index in [4.69, 9.17) is 0 Å². The minimum absolute atomic E-state index is 0.155. The Kier molecular flexibility index (Phi) is 3.06. The van der Waals surface area contributed by atoms with Crippen LogP contribution in [0.25, 0.3) is 0 Å². The normalized spacial score (nSPS) is 20.1. The van der Waals surface area contributed by atoms with Crippen LogP contribution in [0.5, 0.6) is 0 Å². The number of amides is 5. The van der Waals surface area contributed by atoms with Gasteiger partial charge in [-0.05, 0) is 26.7 Å². The number of rotatable bonds is 4. The number of carbonyl (C=O) groups excluding carboxylic acids is 4. The molecule has 0 spiro atoms. The van der Waals surface area contributed by atoms with Gasteiger partial charge in [0.2, 0.25) is 5.91 Å². The van der Waals surface area contributed by atoms with E-state index in [1.807, 2.05) is 0 Å². The lowest BCUT2D eigenvalue weighted by molar-refractivity contribution is -0.144. The van der Waals surface area contributed by atoms with Crippen molar-refractivity contribution in [2.75, 3.05) is 6.54 Å². The van der Waals surface area contributed by atoms with Crippen LogP contribution in [0.4, 0.5) is 4.79 Å². The molecule has 2 aliphatic rings. The highest BCUT2D eigenvalue weighted by Crippen LogP contribution is 2.19. The van der Waals surface area contributed by atoms with Crippen LogP contribution in [-0.4, -0.2) is 52.2 Å². The first-order valence-corrected chi connectivity index (χ1v) is 5.90. The standard InChI is InChI=1S/C11H15N3O4/c1-6(2)14-10(17)9(16)13(11(14)18)5-8(15)12-7-3-4-7/h6-7H,3-5H2,1-2H3,(H,12,15). The van der Waals surface area contributed by atoms with Gasteiger partial charge in [-0.3, -0.25) is 19.3 Å². The van der Waals surface area contributed by atoms with Gasteiger partial charge in [0.25, 0.3) is 0 Å². The number of imide groups is 2. The summed E-state index contributed by atoms with van der Waals surface area (Å²) in [6.07, 6.45) is 1.84. The van der Waals surface area contributed by atoms with Crippen molar-refractivity contribution >= 4 is 23.8 Å². The smallest absolute Gasteiger partial charge is 0.334 e. The van der Waals surface area contributed by atoms with Crippen molar-refractivity contribution in [2.24, 2.45) is 0 Å². The molecule has 1 heterocycles. The first kappa shape index (κ1) is 12.5. The van der Waals surface area contributed by atoms with E-state index in [9.17, 15) is 19.2 Å². The Morgan fingerprint density at radius 1 is 1.28 bits per heavy atom. The second-order valence-electron chi connectivity index (χ2n) is 4.78. The maximum absolute atomic E-state index is 11.8. The molecule has 0 bridgehead atoms.